The molecule has 5 heteroatoms. The molecule has 2 fully saturated rings. The third-order valence-corrected chi connectivity index (χ3v) is 5.88. The molecule has 0 bridgehead atoms. The van der Waals surface area contributed by atoms with Crippen molar-refractivity contribution in [3.63, 3.8) is 0 Å². The van der Waals surface area contributed by atoms with Crippen molar-refractivity contribution in [3.8, 4) is 0 Å². The Kier molecular flexibility index (Phi) is 3.82. The molecule has 0 unspecified atom stereocenters. The highest BCUT2D eigenvalue weighted by molar-refractivity contribution is 5.78. The Bertz CT molecular complexity index is 904. The molecule has 5 nitrogen and oxygen atoms in total. The van der Waals surface area contributed by atoms with E-state index in [0.29, 0.717) is 11.5 Å². The number of nitrogens with zero attached hydrogens (tertiary/aromatic N) is 4. The van der Waals surface area contributed by atoms with Gasteiger partial charge >= 0.3 is 0 Å². The van der Waals surface area contributed by atoms with Gasteiger partial charge in [0.15, 0.2) is 0 Å². The lowest BCUT2D eigenvalue weighted by Gasteiger charge is -2.45. The van der Waals surface area contributed by atoms with E-state index < -0.39 is 0 Å². The Balaban J connectivity index is 1.19. The summed E-state index contributed by atoms with van der Waals surface area (Å²) < 4.78 is 0. The molecule has 0 amide bonds. The van der Waals surface area contributed by atoms with Gasteiger partial charge in [-0.1, -0.05) is 12.1 Å². The van der Waals surface area contributed by atoms with E-state index >= 15 is 0 Å². The first-order valence-corrected chi connectivity index (χ1v) is 9.37. The molecule has 2 aliphatic rings. The standard InChI is InChI=1S/C21H23N5/c1-2-17-10-16(3-4-19(17)23-7-1)13-26-9-6-21(14-26)11-18(12-21)25-20-5-8-22-15-24-20/h1-5,7-8,10,15,18H,6,9,11-14H2,(H,22,24,25). The second-order valence-corrected chi connectivity index (χ2v) is 7.84. The maximum atomic E-state index is 4.41. The van der Waals surface area contributed by atoms with E-state index in [2.05, 4.69) is 49.4 Å². The highest BCUT2D eigenvalue weighted by Crippen LogP contribution is 2.49. The van der Waals surface area contributed by atoms with Gasteiger partial charge in [-0.15, -0.1) is 0 Å². The van der Waals surface area contributed by atoms with Crippen LogP contribution in [0.3, 0.4) is 0 Å². The number of rotatable bonds is 4. The lowest BCUT2D eigenvalue weighted by molar-refractivity contribution is 0.120. The van der Waals surface area contributed by atoms with Crippen molar-refractivity contribution >= 4 is 16.7 Å². The quantitative estimate of drug-likeness (QED) is 0.784. The van der Waals surface area contributed by atoms with Crippen LogP contribution in [0, 0.1) is 5.41 Å². The highest BCUT2D eigenvalue weighted by Gasteiger charge is 2.48. The zero-order valence-corrected chi connectivity index (χ0v) is 14.8. The molecule has 1 aromatic carbocycles. The molecule has 0 atom stereocenters. The zero-order valence-electron chi connectivity index (χ0n) is 14.8. The van der Waals surface area contributed by atoms with Crippen LogP contribution in [0.2, 0.25) is 0 Å². The summed E-state index contributed by atoms with van der Waals surface area (Å²) in [5.41, 5.74) is 2.97. The molecule has 3 aromatic rings. The van der Waals surface area contributed by atoms with E-state index in [1.165, 1.54) is 43.3 Å². The van der Waals surface area contributed by atoms with Crippen LogP contribution in [-0.4, -0.2) is 39.0 Å². The Morgan fingerprint density at radius 1 is 1.12 bits per heavy atom. The van der Waals surface area contributed by atoms with E-state index in [1.54, 1.807) is 12.5 Å². The highest BCUT2D eigenvalue weighted by atomic mass is 15.2. The number of benzene rings is 1. The zero-order chi connectivity index (χ0) is 17.4. The summed E-state index contributed by atoms with van der Waals surface area (Å²) in [6.07, 6.45) is 9.05. The molecule has 3 heterocycles. The summed E-state index contributed by atoms with van der Waals surface area (Å²) in [5.74, 6) is 0.944. The van der Waals surface area contributed by atoms with Gasteiger partial charge in [0, 0.05) is 36.9 Å². The van der Waals surface area contributed by atoms with Crippen molar-refractivity contribution in [2.24, 2.45) is 5.41 Å². The molecule has 26 heavy (non-hydrogen) atoms. The van der Waals surface area contributed by atoms with Gasteiger partial charge in [-0.2, -0.15) is 0 Å². The van der Waals surface area contributed by atoms with Crippen LogP contribution in [-0.2, 0) is 6.54 Å². The number of likely N-dealkylation sites (tertiary alicyclic amines) is 1. The Morgan fingerprint density at radius 2 is 2.08 bits per heavy atom. The van der Waals surface area contributed by atoms with Gasteiger partial charge < -0.3 is 5.32 Å². The second-order valence-electron chi connectivity index (χ2n) is 7.84. The largest absolute Gasteiger partial charge is 0.367 e. The molecule has 1 aliphatic carbocycles. The molecule has 2 aromatic heterocycles. The van der Waals surface area contributed by atoms with Gasteiger partial charge in [-0.3, -0.25) is 9.88 Å². The fourth-order valence-electron chi connectivity index (χ4n) is 4.65. The third kappa shape index (κ3) is 3.03. The van der Waals surface area contributed by atoms with Crippen molar-refractivity contribution in [2.45, 2.75) is 31.8 Å². The molecule has 5 rings (SSSR count). The molecular weight excluding hydrogens is 322 g/mol. The van der Waals surface area contributed by atoms with Crippen LogP contribution in [0.1, 0.15) is 24.8 Å². The van der Waals surface area contributed by atoms with Crippen molar-refractivity contribution in [2.75, 3.05) is 18.4 Å². The Hall–Kier alpha value is -2.53. The van der Waals surface area contributed by atoms with Crippen molar-refractivity contribution in [1.82, 2.24) is 19.9 Å². The van der Waals surface area contributed by atoms with Gasteiger partial charge in [0.25, 0.3) is 0 Å². The van der Waals surface area contributed by atoms with Crippen LogP contribution in [0.4, 0.5) is 5.82 Å². The smallest absolute Gasteiger partial charge is 0.129 e. The minimum atomic E-state index is 0.503. The average molecular weight is 345 g/mol. The Morgan fingerprint density at radius 3 is 2.96 bits per heavy atom. The average Bonchev–Trinajstić information content (AvgIpc) is 3.06. The van der Waals surface area contributed by atoms with E-state index in [-0.39, 0.29) is 0 Å². The summed E-state index contributed by atoms with van der Waals surface area (Å²) in [4.78, 5) is 15.3. The fraction of sp³-hybridized carbons (Fsp3) is 0.381. The topological polar surface area (TPSA) is 53.9 Å². The second kappa shape index (κ2) is 6.32. The molecule has 1 saturated carbocycles. The lowest BCUT2D eigenvalue weighted by atomic mass is 9.65. The normalized spacial score (nSPS) is 25.5. The summed E-state index contributed by atoms with van der Waals surface area (Å²) in [5, 5.41) is 4.77. The first-order valence-electron chi connectivity index (χ1n) is 9.37. The predicted octanol–water partition coefficient (Wildman–Crippen LogP) is 3.49. The van der Waals surface area contributed by atoms with Crippen LogP contribution in [0.15, 0.2) is 55.1 Å². The van der Waals surface area contributed by atoms with Crippen molar-refractivity contribution in [1.29, 1.82) is 0 Å². The molecule has 1 saturated heterocycles. The van der Waals surface area contributed by atoms with Crippen LogP contribution in [0.25, 0.3) is 10.9 Å². The van der Waals surface area contributed by atoms with E-state index in [1.807, 2.05) is 18.3 Å². The summed E-state index contributed by atoms with van der Waals surface area (Å²) >= 11 is 0. The Labute approximate surface area is 153 Å². The van der Waals surface area contributed by atoms with Gasteiger partial charge in [0.05, 0.1) is 5.52 Å². The van der Waals surface area contributed by atoms with Gasteiger partial charge in [-0.05, 0) is 61.1 Å². The maximum Gasteiger partial charge on any atom is 0.129 e. The van der Waals surface area contributed by atoms with Crippen molar-refractivity contribution in [3.05, 3.63) is 60.7 Å². The lowest BCUT2D eigenvalue weighted by Crippen LogP contribution is -2.46. The van der Waals surface area contributed by atoms with Crippen LogP contribution < -0.4 is 5.32 Å². The number of fused-ring (bicyclic) bond motifs is 1. The molecule has 1 spiro atoms. The SMILES string of the molecule is c1cnc2ccc(CN3CCC4(CC(Nc5ccncn5)C4)C3)cc2c1. The van der Waals surface area contributed by atoms with Gasteiger partial charge in [0.2, 0.25) is 0 Å². The number of aromatic nitrogens is 3. The van der Waals surface area contributed by atoms with E-state index in [0.717, 1.165) is 17.9 Å². The number of hydrogen-bond donors (Lipinski definition) is 1. The first kappa shape index (κ1) is 15.7. The fourth-order valence-corrected chi connectivity index (χ4v) is 4.65. The minimum absolute atomic E-state index is 0.503. The van der Waals surface area contributed by atoms with Crippen molar-refractivity contribution < 1.29 is 0 Å². The molecule has 132 valence electrons. The monoisotopic (exact) mass is 345 g/mol. The molecule has 1 N–H and O–H groups in total. The minimum Gasteiger partial charge on any atom is -0.367 e. The molecular formula is C21H23N5. The number of nitrogens with one attached hydrogen (secondary N) is 1. The number of hydrogen-bond acceptors (Lipinski definition) is 5. The van der Waals surface area contributed by atoms with E-state index in [4.69, 9.17) is 0 Å². The summed E-state index contributed by atoms with van der Waals surface area (Å²) in [7, 11) is 0. The number of pyridine rings is 1. The van der Waals surface area contributed by atoms with Gasteiger partial charge in [0.1, 0.15) is 12.1 Å². The summed E-state index contributed by atoms with van der Waals surface area (Å²) in [6, 6.07) is 13.3. The third-order valence-electron chi connectivity index (χ3n) is 5.88. The summed E-state index contributed by atoms with van der Waals surface area (Å²) in [6.45, 7) is 3.45. The molecule has 1 aliphatic heterocycles. The van der Waals surface area contributed by atoms with E-state index in [9.17, 15) is 0 Å². The maximum absolute atomic E-state index is 4.41. The van der Waals surface area contributed by atoms with Crippen LogP contribution >= 0.6 is 0 Å². The predicted molar refractivity (Wildman–Crippen MR) is 103 cm³/mol. The van der Waals surface area contributed by atoms with Crippen LogP contribution in [0.5, 0.6) is 0 Å². The first-order chi connectivity index (χ1) is 12.8. The van der Waals surface area contributed by atoms with Gasteiger partial charge in [-0.25, -0.2) is 9.97 Å². The molecule has 0 radical (unpaired) electrons. The number of anilines is 1.